The zero-order chi connectivity index (χ0) is 24.7. The van der Waals surface area contributed by atoms with Crippen molar-refractivity contribution in [1.29, 1.82) is 0 Å². The van der Waals surface area contributed by atoms with Crippen LogP contribution < -0.4 is 10.1 Å². The first-order chi connectivity index (χ1) is 16.3. The topological polar surface area (TPSA) is 69.0 Å². The van der Waals surface area contributed by atoms with Gasteiger partial charge in [0.25, 0.3) is 0 Å². The number of hydrogen-bond donors (Lipinski definition) is 1. The number of aryl methyl sites for hydroxylation is 2. The number of carbonyl (C=O) groups excluding carboxylic acids is 1. The van der Waals surface area contributed by atoms with E-state index < -0.39 is 0 Å². The molecule has 7 heteroatoms. The smallest absolute Gasteiger partial charge is 0.234 e. The van der Waals surface area contributed by atoms with Gasteiger partial charge in [-0.1, -0.05) is 76.7 Å². The number of aromatic nitrogens is 3. The van der Waals surface area contributed by atoms with Crippen molar-refractivity contribution >= 4 is 23.4 Å². The minimum atomic E-state index is -0.0471. The number of amides is 1. The highest BCUT2D eigenvalue weighted by Gasteiger charge is 2.17. The van der Waals surface area contributed by atoms with Crippen molar-refractivity contribution in [2.24, 2.45) is 5.92 Å². The van der Waals surface area contributed by atoms with E-state index in [0.717, 1.165) is 46.5 Å². The highest BCUT2D eigenvalue weighted by atomic mass is 32.2. The minimum absolute atomic E-state index is 0.0471. The van der Waals surface area contributed by atoms with Crippen LogP contribution in [0.2, 0.25) is 0 Å². The first-order valence-electron chi connectivity index (χ1n) is 11.9. The summed E-state index contributed by atoms with van der Waals surface area (Å²) < 4.78 is 8.03. The Morgan fingerprint density at radius 2 is 1.82 bits per heavy atom. The second kappa shape index (κ2) is 12.1. The first-order valence-corrected chi connectivity index (χ1v) is 12.9. The van der Waals surface area contributed by atoms with Gasteiger partial charge in [-0.15, -0.1) is 10.2 Å². The number of hydrogen-bond acceptors (Lipinski definition) is 5. The van der Waals surface area contributed by atoms with Crippen LogP contribution in [0, 0.1) is 12.8 Å². The maximum Gasteiger partial charge on any atom is 0.234 e. The molecule has 0 saturated heterocycles. The third kappa shape index (κ3) is 6.86. The van der Waals surface area contributed by atoms with E-state index in [2.05, 4.69) is 72.9 Å². The quantitative estimate of drug-likeness (QED) is 0.329. The van der Waals surface area contributed by atoms with Crippen LogP contribution in [0.25, 0.3) is 0 Å². The molecule has 0 spiro atoms. The Morgan fingerprint density at radius 3 is 2.47 bits per heavy atom. The van der Waals surface area contributed by atoms with Gasteiger partial charge >= 0.3 is 0 Å². The van der Waals surface area contributed by atoms with E-state index in [9.17, 15) is 4.79 Å². The average molecular weight is 481 g/mol. The Kier molecular flexibility index (Phi) is 9.16. The second-order valence-electron chi connectivity index (χ2n) is 9.22. The standard InChI is InChI=1S/C27H36N4O2S/c1-7-21-11-13-22(14-12-21)33-16-24-29-30-27(31(24)15-18(2)3)34-17-25(32)28-26-20(6)9-8-10-23(26)19(4)5/h8-14,18-19H,7,15-17H2,1-6H3,(H,28,32). The summed E-state index contributed by atoms with van der Waals surface area (Å²) >= 11 is 1.41. The second-order valence-corrected chi connectivity index (χ2v) is 10.2. The Labute approximate surface area is 207 Å². The molecular weight excluding hydrogens is 444 g/mol. The predicted molar refractivity (Wildman–Crippen MR) is 140 cm³/mol. The van der Waals surface area contributed by atoms with Crippen molar-refractivity contribution in [3.05, 3.63) is 65.0 Å². The summed E-state index contributed by atoms with van der Waals surface area (Å²) in [5.74, 6) is 2.53. The van der Waals surface area contributed by atoms with E-state index in [1.54, 1.807) is 0 Å². The largest absolute Gasteiger partial charge is 0.486 e. The van der Waals surface area contributed by atoms with E-state index in [4.69, 9.17) is 4.74 Å². The molecule has 0 unspecified atom stereocenters. The molecule has 34 heavy (non-hydrogen) atoms. The number of benzene rings is 2. The molecule has 0 saturated carbocycles. The molecule has 6 nitrogen and oxygen atoms in total. The Hall–Kier alpha value is -2.80. The van der Waals surface area contributed by atoms with Gasteiger partial charge < -0.3 is 14.6 Å². The monoisotopic (exact) mass is 480 g/mol. The number of para-hydroxylation sites is 1. The summed E-state index contributed by atoms with van der Waals surface area (Å²) in [6.07, 6.45) is 1.000. The Morgan fingerprint density at radius 1 is 1.09 bits per heavy atom. The average Bonchev–Trinajstić information content (AvgIpc) is 3.18. The number of nitrogens with one attached hydrogen (secondary N) is 1. The molecule has 1 heterocycles. The summed E-state index contributed by atoms with van der Waals surface area (Å²) in [6, 6.07) is 14.3. The van der Waals surface area contributed by atoms with Crippen LogP contribution in [-0.2, 0) is 24.4 Å². The van der Waals surface area contributed by atoms with Crippen molar-refractivity contribution in [1.82, 2.24) is 14.8 Å². The zero-order valence-corrected chi connectivity index (χ0v) is 21.9. The number of nitrogens with zero attached hydrogens (tertiary/aromatic N) is 3. The minimum Gasteiger partial charge on any atom is -0.486 e. The Balaban J connectivity index is 1.67. The van der Waals surface area contributed by atoms with E-state index in [1.807, 2.05) is 31.2 Å². The van der Waals surface area contributed by atoms with Crippen molar-refractivity contribution < 1.29 is 9.53 Å². The fraction of sp³-hybridized carbons (Fsp3) is 0.444. The maximum atomic E-state index is 12.8. The highest BCUT2D eigenvalue weighted by molar-refractivity contribution is 7.99. The van der Waals surface area contributed by atoms with Crippen LogP contribution in [0.15, 0.2) is 47.6 Å². The SMILES string of the molecule is CCc1ccc(OCc2nnc(SCC(=O)Nc3c(C)cccc3C(C)C)n2CC(C)C)cc1. The molecule has 0 atom stereocenters. The lowest BCUT2D eigenvalue weighted by molar-refractivity contribution is -0.113. The molecule has 0 aliphatic rings. The lowest BCUT2D eigenvalue weighted by Gasteiger charge is -2.16. The third-order valence-corrected chi connectivity index (χ3v) is 6.53. The van der Waals surface area contributed by atoms with Gasteiger partial charge in [0.15, 0.2) is 11.0 Å². The maximum absolute atomic E-state index is 12.8. The molecular formula is C27H36N4O2S. The van der Waals surface area contributed by atoms with Crippen molar-refractivity contribution in [2.75, 3.05) is 11.1 Å². The van der Waals surface area contributed by atoms with Crippen LogP contribution in [0.5, 0.6) is 5.75 Å². The van der Waals surface area contributed by atoms with Crippen LogP contribution in [0.4, 0.5) is 5.69 Å². The molecule has 3 rings (SSSR count). The number of carbonyl (C=O) groups is 1. The van der Waals surface area contributed by atoms with Gasteiger partial charge in [-0.05, 0) is 54.0 Å². The molecule has 0 radical (unpaired) electrons. The van der Waals surface area contributed by atoms with Gasteiger partial charge in [-0.3, -0.25) is 4.79 Å². The van der Waals surface area contributed by atoms with Gasteiger partial charge in [0.05, 0.1) is 5.75 Å². The van der Waals surface area contributed by atoms with Crippen LogP contribution in [-0.4, -0.2) is 26.4 Å². The summed E-state index contributed by atoms with van der Waals surface area (Å²) in [6.45, 7) is 13.8. The molecule has 1 amide bonds. The van der Waals surface area contributed by atoms with Gasteiger partial charge in [-0.2, -0.15) is 0 Å². The molecule has 0 aliphatic carbocycles. The molecule has 1 N–H and O–H groups in total. The fourth-order valence-corrected chi connectivity index (χ4v) is 4.46. The van der Waals surface area contributed by atoms with E-state index in [1.165, 1.54) is 17.3 Å². The zero-order valence-electron chi connectivity index (χ0n) is 21.1. The molecule has 1 aromatic heterocycles. The van der Waals surface area contributed by atoms with Gasteiger partial charge in [-0.25, -0.2) is 0 Å². The lowest BCUT2D eigenvalue weighted by atomic mass is 9.98. The molecule has 3 aromatic rings. The van der Waals surface area contributed by atoms with Crippen LogP contribution >= 0.6 is 11.8 Å². The number of ether oxygens (including phenoxy) is 1. The van der Waals surface area contributed by atoms with E-state index >= 15 is 0 Å². The van der Waals surface area contributed by atoms with Gasteiger partial charge in [0.1, 0.15) is 12.4 Å². The molecule has 0 fully saturated rings. The Bertz CT molecular complexity index is 1090. The first kappa shape index (κ1) is 25.8. The lowest BCUT2D eigenvalue weighted by Crippen LogP contribution is -2.17. The van der Waals surface area contributed by atoms with Crippen LogP contribution in [0.1, 0.15) is 63.1 Å². The van der Waals surface area contributed by atoms with Gasteiger partial charge in [0.2, 0.25) is 5.91 Å². The third-order valence-electron chi connectivity index (χ3n) is 5.56. The summed E-state index contributed by atoms with van der Waals surface area (Å²) in [7, 11) is 0. The highest BCUT2D eigenvalue weighted by Crippen LogP contribution is 2.28. The number of thioether (sulfide) groups is 1. The van der Waals surface area contributed by atoms with Crippen molar-refractivity contribution in [3.63, 3.8) is 0 Å². The fourth-order valence-electron chi connectivity index (χ4n) is 3.70. The normalized spacial score (nSPS) is 11.3. The van der Waals surface area contributed by atoms with E-state index in [0.29, 0.717) is 18.4 Å². The van der Waals surface area contributed by atoms with Crippen molar-refractivity contribution in [3.8, 4) is 5.75 Å². The molecule has 2 aromatic carbocycles. The van der Waals surface area contributed by atoms with Gasteiger partial charge in [0, 0.05) is 12.2 Å². The summed E-state index contributed by atoms with van der Waals surface area (Å²) in [5.41, 5.74) is 4.40. The summed E-state index contributed by atoms with van der Waals surface area (Å²) in [4.78, 5) is 12.8. The number of anilines is 1. The molecule has 0 bridgehead atoms. The number of rotatable bonds is 11. The van der Waals surface area contributed by atoms with E-state index in [-0.39, 0.29) is 11.7 Å². The molecule has 182 valence electrons. The molecule has 0 aliphatic heterocycles. The van der Waals surface area contributed by atoms with Crippen LogP contribution in [0.3, 0.4) is 0 Å². The summed E-state index contributed by atoms with van der Waals surface area (Å²) in [5, 5.41) is 12.6. The van der Waals surface area contributed by atoms with Crippen molar-refractivity contribution in [2.45, 2.75) is 72.2 Å². The predicted octanol–water partition coefficient (Wildman–Crippen LogP) is 6.24.